The minimum Gasteiger partial charge on any atom is -0.389 e. The summed E-state index contributed by atoms with van der Waals surface area (Å²) in [7, 11) is 0. The molecule has 0 aliphatic heterocycles. The van der Waals surface area contributed by atoms with Gasteiger partial charge < -0.3 is 11.1 Å². The van der Waals surface area contributed by atoms with Crippen LogP contribution in [0, 0.1) is 6.92 Å². The molecule has 0 aromatic carbocycles. The first-order valence-corrected chi connectivity index (χ1v) is 6.11. The molecule has 1 saturated carbocycles. The van der Waals surface area contributed by atoms with E-state index in [4.69, 9.17) is 18.0 Å². The Hall–Kier alpha value is -1.16. The monoisotopic (exact) mass is 235 g/mol. The number of aromatic nitrogens is 1. The fraction of sp³-hybridized carbons (Fsp3) is 0.500. The van der Waals surface area contributed by atoms with E-state index in [2.05, 4.69) is 10.3 Å². The topological polar surface area (TPSA) is 50.9 Å². The van der Waals surface area contributed by atoms with Crippen molar-refractivity contribution < 1.29 is 0 Å². The molecule has 1 fully saturated rings. The Morgan fingerprint density at radius 2 is 2.19 bits per heavy atom. The Morgan fingerprint density at radius 3 is 2.81 bits per heavy atom. The van der Waals surface area contributed by atoms with Crippen molar-refractivity contribution in [2.45, 2.75) is 38.6 Å². The Bertz CT molecular complexity index is 397. The first-order valence-electron chi connectivity index (χ1n) is 5.70. The summed E-state index contributed by atoms with van der Waals surface area (Å²) < 4.78 is 0. The molecule has 0 atom stereocenters. The molecule has 0 unspecified atom stereocenters. The lowest BCUT2D eigenvalue weighted by molar-refractivity contribution is 0.750. The third-order valence-electron chi connectivity index (χ3n) is 3.10. The van der Waals surface area contributed by atoms with Crippen molar-refractivity contribution in [3.8, 4) is 0 Å². The van der Waals surface area contributed by atoms with Crippen LogP contribution in [0.15, 0.2) is 12.3 Å². The van der Waals surface area contributed by atoms with Crippen molar-refractivity contribution in [3.05, 3.63) is 23.4 Å². The van der Waals surface area contributed by atoms with E-state index in [9.17, 15) is 0 Å². The summed E-state index contributed by atoms with van der Waals surface area (Å²) in [4.78, 5) is 4.77. The van der Waals surface area contributed by atoms with Crippen LogP contribution < -0.4 is 11.1 Å². The maximum Gasteiger partial charge on any atom is 0.136 e. The molecule has 0 spiro atoms. The molecular weight excluding hydrogens is 218 g/mol. The number of nitrogens with one attached hydrogen (secondary N) is 1. The molecule has 1 aromatic heterocycles. The predicted molar refractivity (Wildman–Crippen MR) is 70.7 cm³/mol. The number of hydrogen-bond donors (Lipinski definition) is 2. The minimum absolute atomic E-state index is 0.422. The Balaban J connectivity index is 2.25. The third kappa shape index (κ3) is 2.32. The molecule has 1 heterocycles. The zero-order chi connectivity index (χ0) is 11.5. The molecule has 2 rings (SSSR count). The van der Waals surface area contributed by atoms with Crippen LogP contribution in [-0.4, -0.2) is 16.0 Å². The lowest BCUT2D eigenvalue weighted by Gasteiger charge is -2.16. The van der Waals surface area contributed by atoms with Crippen LogP contribution in [0.4, 0.5) is 5.82 Å². The Labute approximate surface area is 101 Å². The molecule has 1 aliphatic carbocycles. The van der Waals surface area contributed by atoms with E-state index in [1.165, 1.54) is 25.7 Å². The van der Waals surface area contributed by atoms with Gasteiger partial charge in [-0.2, -0.15) is 0 Å². The van der Waals surface area contributed by atoms with Gasteiger partial charge in [-0.3, -0.25) is 0 Å². The summed E-state index contributed by atoms with van der Waals surface area (Å²) >= 11 is 5.08. The quantitative estimate of drug-likeness (QED) is 0.790. The van der Waals surface area contributed by atoms with E-state index >= 15 is 0 Å². The van der Waals surface area contributed by atoms with Gasteiger partial charge in [0.05, 0.1) is 5.56 Å². The zero-order valence-electron chi connectivity index (χ0n) is 9.49. The van der Waals surface area contributed by atoms with Crippen LogP contribution in [0.1, 0.15) is 36.8 Å². The Kier molecular flexibility index (Phi) is 3.39. The number of aryl methyl sites for hydroxylation is 1. The first-order chi connectivity index (χ1) is 7.68. The molecule has 1 aliphatic rings. The highest BCUT2D eigenvalue weighted by molar-refractivity contribution is 7.80. The average molecular weight is 235 g/mol. The maximum absolute atomic E-state index is 5.74. The fourth-order valence-electron chi connectivity index (χ4n) is 2.24. The molecule has 16 heavy (non-hydrogen) atoms. The number of rotatable bonds is 3. The van der Waals surface area contributed by atoms with Crippen LogP contribution in [0.3, 0.4) is 0 Å². The fourth-order valence-corrected chi connectivity index (χ4v) is 2.50. The summed E-state index contributed by atoms with van der Waals surface area (Å²) in [5.74, 6) is 0.847. The molecular formula is C12H17N3S. The predicted octanol–water partition coefficient (Wildman–Crippen LogP) is 2.38. The summed E-state index contributed by atoms with van der Waals surface area (Å²) in [6.45, 7) is 2.01. The highest BCUT2D eigenvalue weighted by atomic mass is 32.1. The van der Waals surface area contributed by atoms with E-state index in [-0.39, 0.29) is 0 Å². The number of pyridine rings is 1. The van der Waals surface area contributed by atoms with E-state index in [0.29, 0.717) is 11.0 Å². The molecule has 86 valence electrons. The summed E-state index contributed by atoms with van der Waals surface area (Å²) in [5, 5.41) is 3.45. The molecule has 0 bridgehead atoms. The van der Waals surface area contributed by atoms with E-state index < -0.39 is 0 Å². The highest BCUT2D eigenvalue weighted by Gasteiger charge is 2.17. The van der Waals surface area contributed by atoms with Crippen molar-refractivity contribution in [2.75, 3.05) is 5.32 Å². The van der Waals surface area contributed by atoms with Crippen LogP contribution in [-0.2, 0) is 0 Å². The lowest BCUT2D eigenvalue weighted by Crippen LogP contribution is -2.21. The van der Waals surface area contributed by atoms with Crippen molar-refractivity contribution >= 4 is 23.0 Å². The van der Waals surface area contributed by atoms with Crippen molar-refractivity contribution in [1.82, 2.24) is 4.98 Å². The van der Waals surface area contributed by atoms with Crippen LogP contribution in [0.25, 0.3) is 0 Å². The van der Waals surface area contributed by atoms with Gasteiger partial charge in [-0.05, 0) is 31.4 Å². The van der Waals surface area contributed by atoms with Gasteiger partial charge in [-0.15, -0.1) is 0 Å². The van der Waals surface area contributed by atoms with Gasteiger partial charge in [0.2, 0.25) is 0 Å². The Morgan fingerprint density at radius 1 is 1.50 bits per heavy atom. The maximum atomic E-state index is 5.74. The number of anilines is 1. The standard InChI is InChI=1S/C12H17N3S/c1-8-6-7-14-12(10(8)11(13)16)15-9-4-2-3-5-9/h6-7,9H,2-5H2,1H3,(H2,13,16)(H,14,15). The molecule has 3 nitrogen and oxygen atoms in total. The highest BCUT2D eigenvalue weighted by Crippen LogP contribution is 2.24. The van der Waals surface area contributed by atoms with E-state index in [1.54, 1.807) is 6.20 Å². The van der Waals surface area contributed by atoms with Gasteiger partial charge in [-0.25, -0.2) is 4.98 Å². The van der Waals surface area contributed by atoms with Gasteiger partial charge >= 0.3 is 0 Å². The number of nitrogens with two attached hydrogens (primary N) is 1. The first kappa shape index (κ1) is 11.3. The second-order valence-corrected chi connectivity index (χ2v) is 4.78. The minimum atomic E-state index is 0.422. The summed E-state index contributed by atoms with van der Waals surface area (Å²) in [5.41, 5.74) is 7.72. The zero-order valence-corrected chi connectivity index (χ0v) is 10.3. The molecule has 3 N–H and O–H groups in total. The molecule has 0 radical (unpaired) electrons. The molecule has 4 heteroatoms. The molecule has 0 amide bonds. The SMILES string of the molecule is Cc1ccnc(NC2CCCC2)c1C(N)=S. The van der Waals surface area contributed by atoms with Gasteiger partial charge in [0, 0.05) is 12.2 Å². The number of thiocarbonyl (C=S) groups is 1. The van der Waals surface area contributed by atoms with Crippen molar-refractivity contribution in [1.29, 1.82) is 0 Å². The number of hydrogen-bond acceptors (Lipinski definition) is 3. The third-order valence-corrected chi connectivity index (χ3v) is 3.31. The lowest BCUT2D eigenvalue weighted by atomic mass is 10.1. The van der Waals surface area contributed by atoms with Crippen LogP contribution in [0.2, 0.25) is 0 Å². The smallest absolute Gasteiger partial charge is 0.136 e. The normalized spacial score (nSPS) is 16.3. The summed E-state index contributed by atoms with van der Waals surface area (Å²) in [6.07, 6.45) is 6.82. The van der Waals surface area contributed by atoms with E-state index in [1.807, 2.05) is 13.0 Å². The second kappa shape index (κ2) is 4.78. The second-order valence-electron chi connectivity index (χ2n) is 4.34. The van der Waals surface area contributed by atoms with Gasteiger partial charge in [-0.1, -0.05) is 25.1 Å². The molecule has 1 aromatic rings. The average Bonchev–Trinajstić information content (AvgIpc) is 2.70. The number of nitrogens with zero attached hydrogens (tertiary/aromatic N) is 1. The van der Waals surface area contributed by atoms with Gasteiger partial charge in [0.15, 0.2) is 0 Å². The van der Waals surface area contributed by atoms with Gasteiger partial charge in [0.25, 0.3) is 0 Å². The molecule has 0 saturated heterocycles. The van der Waals surface area contributed by atoms with Crippen molar-refractivity contribution in [2.24, 2.45) is 5.73 Å². The van der Waals surface area contributed by atoms with Crippen LogP contribution in [0.5, 0.6) is 0 Å². The van der Waals surface area contributed by atoms with Crippen LogP contribution >= 0.6 is 12.2 Å². The van der Waals surface area contributed by atoms with Crippen molar-refractivity contribution in [3.63, 3.8) is 0 Å². The largest absolute Gasteiger partial charge is 0.389 e. The van der Waals surface area contributed by atoms with Gasteiger partial charge in [0.1, 0.15) is 10.8 Å². The van der Waals surface area contributed by atoms with E-state index in [0.717, 1.165) is 16.9 Å². The summed E-state index contributed by atoms with van der Waals surface area (Å²) in [6, 6.07) is 2.47.